The number of aliphatic hydroxyl groups is 1. The Bertz CT molecular complexity index is 377. The van der Waals surface area contributed by atoms with Gasteiger partial charge in [0, 0.05) is 12.2 Å². The molecule has 0 saturated carbocycles. The van der Waals surface area contributed by atoms with E-state index < -0.39 is 12.1 Å². The van der Waals surface area contributed by atoms with Crippen LogP contribution in [0.2, 0.25) is 0 Å². The second kappa shape index (κ2) is 5.51. The Kier molecular flexibility index (Phi) is 4.31. The van der Waals surface area contributed by atoms with E-state index in [0.717, 1.165) is 5.56 Å². The van der Waals surface area contributed by atoms with E-state index in [1.807, 2.05) is 19.9 Å². The molecule has 3 N–H and O–H groups in total. The van der Waals surface area contributed by atoms with E-state index in [4.69, 9.17) is 5.11 Å². The number of rotatable bonds is 5. The summed E-state index contributed by atoms with van der Waals surface area (Å²) >= 11 is 0. The molecule has 4 heteroatoms. The van der Waals surface area contributed by atoms with Gasteiger partial charge in [0.2, 0.25) is 0 Å². The highest BCUT2D eigenvalue weighted by molar-refractivity contribution is 5.94. The van der Waals surface area contributed by atoms with Crippen molar-refractivity contribution in [3.63, 3.8) is 0 Å². The van der Waals surface area contributed by atoms with Crippen LogP contribution >= 0.6 is 0 Å². The lowest BCUT2D eigenvalue weighted by atomic mass is 10.1. The summed E-state index contributed by atoms with van der Waals surface area (Å²) in [7, 11) is 0. The first-order valence-electron chi connectivity index (χ1n) is 5.30. The Morgan fingerprint density at radius 2 is 2.19 bits per heavy atom. The van der Waals surface area contributed by atoms with Gasteiger partial charge in [-0.15, -0.1) is 0 Å². The molecule has 1 aromatic rings. The number of hydrogen-bond acceptors (Lipinski definition) is 3. The number of carbonyl (C=O) groups is 1. The minimum Gasteiger partial charge on any atom is -0.478 e. The number of aryl methyl sites for hydroxylation is 1. The van der Waals surface area contributed by atoms with E-state index >= 15 is 0 Å². The van der Waals surface area contributed by atoms with Gasteiger partial charge in [0.25, 0.3) is 0 Å². The summed E-state index contributed by atoms with van der Waals surface area (Å²) in [6.07, 6.45) is 0.185. The molecule has 0 aliphatic rings. The first-order valence-corrected chi connectivity index (χ1v) is 5.30. The van der Waals surface area contributed by atoms with Gasteiger partial charge < -0.3 is 15.5 Å². The lowest BCUT2D eigenvalue weighted by Crippen LogP contribution is -2.19. The third-order valence-electron chi connectivity index (χ3n) is 2.40. The van der Waals surface area contributed by atoms with E-state index in [1.54, 1.807) is 12.1 Å². The van der Waals surface area contributed by atoms with Gasteiger partial charge in [-0.25, -0.2) is 4.79 Å². The minimum absolute atomic E-state index is 0.239. The Morgan fingerprint density at radius 1 is 1.50 bits per heavy atom. The summed E-state index contributed by atoms with van der Waals surface area (Å²) in [4.78, 5) is 11.0. The average molecular weight is 223 g/mol. The maximum atomic E-state index is 11.0. The molecular weight excluding hydrogens is 206 g/mol. The van der Waals surface area contributed by atoms with Crippen molar-refractivity contribution in [3.05, 3.63) is 29.3 Å². The summed E-state index contributed by atoms with van der Waals surface area (Å²) in [5.74, 6) is -0.961. The van der Waals surface area contributed by atoms with E-state index in [1.165, 1.54) is 0 Å². The molecule has 0 fully saturated rings. The van der Waals surface area contributed by atoms with Gasteiger partial charge in [-0.2, -0.15) is 0 Å². The third-order valence-corrected chi connectivity index (χ3v) is 2.40. The van der Waals surface area contributed by atoms with Crippen molar-refractivity contribution in [2.45, 2.75) is 26.4 Å². The molecule has 1 rings (SSSR count). The van der Waals surface area contributed by atoms with Crippen molar-refractivity contribution in [2.75, 3.05) is 11.9 Å². The summed E-state index contributed by atoms with van der Waals surface area (Å²) in [6.45, 7) is 4.08. The fourth-order valence-electron chi connectivity index (χ4n) is 1.36. The van der Waals surface area contributed by atoms with Crippen LogP contribution in [0.3, 0.4) is 0 Å². The Balaban J connectivity index is 2.82. The van der Waals surface area contributed by atoms with Crippen molar-refractivity contribution >= 4 is 11.7 Å². The number of benzene rings is 1. The molecule has 4 nitrogen and oxygen atoms in total. The van der Waals surface area contributed by atoms with Crippen molar-refractivity contribution in [2.24, 2.45) is 0 Å². The molecule has 0 saturated heterocycles. The smallest absolute Gasteiger partial charge is 0.337 e. The second-order valence-electron chi connectivity index (χ2n) is 3.80. The maximum absolute atomic E-state index is 11.0. The van der Waals surface area contributed by atoms with E-state index in [-0.39, 0.29) is 5.56 Å². The van der Waals surface area contributed by atoms with Gasteiger partial charge in [0.1, 0.15) is 0 Å². The number of carboxylic acid groups (broad SMARTS) is 1. The molecule has 1 atom stereocenters. The molecule has 1 aromatic carbocycles. The predicted octanol–water partition coefficient (Wildman–Crippen LogP) is 1.88. The number of carboxylic acids is 1. The molecule has 0 bridgehead atoms. The summed E-state index contributed by atoms with van der Waals surface area (Å²) in [5.41, 5.74) is 1.69. The predicted molar refractivity (Wildman–Crippen MR) is 62.9 cm³/mol. The van der Waals surface area contributed by atoms with Crippen LogP contribution in [-0.4, -0.2) is 28.8 Å². The maximum Gasteiger partial charge on any atom is 0.337 e. The highest BCUT2D eigenvalue weighted by Gasteiger charge is 2.10. The van der Waals surface area contributed by atoms with E-state index in [0.29, 0.717) is 18.7 Å². The van der Waals surface area contributed by atoms with Crippen LogP contribution in [0, 0.1) is 6.92 Å². The normalized spacial score (nSPS) is 12.2. The highest BCUT2D eigenvalue weighted by Crippen LogP contribution is 2.17. The van der Waals surface area contributed by atoms with Crippen molar-refractivity contribution < 1.29 is 15.0 Å². The molecule has 0 aliphatic carbocycles. The topological polar surface area (TPSA) is 69.6 Å². The quantitative estimate of drug-likeness (QED) is 0.712. The molecule has 0 spiro atoms. The molecule has 0 radical (unpaired) electrons. The number of hydrogen-bond donors (Lipinski definition) is 3. The SMILES string of the molecule is CCC(O)CNc1ccc(C)cc1C(=O)O. The van der Waals surface area contributed by atoms with Gasteiger partial charge in [-0.1, -0.05) is 18.6 Å². The number of nitrogens with one attached hydrogen (secondary N) is 1. The molecule has 0 amide bonds. The zero-order chi connectivity index (χ0) is 12.1. The van der Waals surface area contributed by atoms with Crippen LogP contribution in [-0.2, 0) is 0 Å². The molecular formula is C12H17NO3. The highest BCUT2D eigenvalue weighted by atomic mass is 16.4. The van der Waals surface area contributed by atoms with Crippen LogP contribution in [0.4, 0.5) is 5.69 Å². The van der Waals surface area contributed by atoms with E-state index in [9.17, 15) is 9.90 Å². The summed E-state index contributed by atoms with van der Waals surface area (Å²) in [5, 5.41) is 21.3. The lowest BCUT2D eigenvalue weighted by molar-refractivity contribution is 0.0697. The van der Waals surface area contributed by atoms with E-state index in [2.05, 4.69) is 5.32 Å². The fraction of sp³-hybridized carbons (Fsp3) is 0.417. The van der Waals surface area contributed by atoms with Gasteiger partial charge >= 0.3 is 5.97 Å². The summed E-state index contributed by atoms with van der Waals surface area (Å²) < 4.78 is 0. The lowest BCUT2D eigenvalue weighted by Gasteiger charge is -2.13. The number of anilines is 1. The Morgan fingerprint density at radius 3 is 2.75 bits per heavy atom. The zero-order valence-electron chi connectivity index (χ0n) is 9.53. The summed E-state index contributed by atoms with van der Waals surface area (Å²) in [6, 6.07) is 5.18. The zero-order valence-corrected chi connectivity index (χ0v) is 9.53. The van der Waals surface area contributed by atoms with Crippen molar-refractivity contribution in [3.8, 4) is 0 Å². The largest absolute Gasteiger partial charge is 0.478 e. The van der Waals surface area contributed by atoms with Crippen LogP contribution in [0.25, 0.3) is 0 Å². The van der Waals surface area contributed by atoms with Gasteiger partial charge in [0.05, 0.1) is 11.7 Å². The molecule has 16 heavy (non-hydrogen) atoms. The molecule has 0 aromatic heterocycles. The average Bonchev–Trinajstić information content (AvgIpc) is 2.26. The van der Waals surface area contributed by atoms with Gasteiger partial charge in [0.15, 0.2) is 0 Å². The van der Waals surface area contributed by atoms with Crippen molar-refractivity contribution in [1.82, 2.24) is 0 Å². The van der Waals surface area contributed by atoms with Crippen LogP contribution < -0.4 is 5.32 Å². The molecule has 0 aliphatic heterocycles. The number of aliphatic hydroxyl groups excluding tert-OH is 1. The standard InChI is InChI=1S/C12H17NO3/c1-3-9(14)7-13-11-5-4-8(2)6-10(11)12(15)16/h4-6,9,13-14H,3,7H2,1-2H3,(H,15,16). The first kappa shape index (κ1) is 12.5. The monoisotopic (exact) mass is 223 g/mol. The minimum atomic E-state index is -0.961. The Hall–Kier alpha value is -1.55. The van der Waals surface area contributed by atoms with Gasteiger partial charge in [-0.05, 0) is 25.5 Å². The number of aromatic carboxylic acids is 1. The Labute approximate surface area is 94.9 Å². The molecule has 88 valence electrons. The molecule has 0 heterocycles. The molecule has 1 unspecified atom stereocenters. The second-order valence-corrected chi connectivity index (χ2v) is 3.80. The third kappa shape index (κ3) is 3.24. The van der Waals surface area contributed by atoms with Crippen LogP contribution in [0.15, 0.2) is 18.2 Å². The van der Waals surface area contributed by atoms with Crippen LogP contribution in [0.1, 0.15) is 29.3 Å². The fourth-order valence-corrected chi connectivity index (χ4v) is 1.36. The van der Waals surface area contributed by atoms with Crippen molar-refractivity contribution in [1.29, 1.82) is 0 Å². The van der Waals surface area contributed by atoms with Gasteiger partial charge in [-0.3, -0.25) is 0 Å². The first-order chi connectivity index (χ1) is 7.54. The van der Waals surface area contributed by atoms with Crippen LogP contribution in [0.5, 0.6) is 0 Å².